The third kappa shape index (κ3) is 5.37. The van der Waals surface area contributed by atoms with Gasteiger partial charge >= 0.3 is 13.2 Å². The number of amides is 1. The summed E-state index contributed by atoms with van der Waals surface area (Å²) in [6.07, 6.45) is 0.405. The number of benzene rings is 2. The smallest absolute Gasteiger partial charge is 0.387 e. The number of rotatable bonds is 8. The summed E-state index contributed by atoms with van der Waals surface area (Å²) in [4.78, 5) is 12.4. The molecule has 26 heavy (non-hydrogen) atoms. The average Bonchev–Trinajstić information content (AvgIpc) is 2.59. The molecule has 1 N–H and O–H groups in total. The summed E-state index contributed by atoms with van der Waals surface area (Å²) in [5, 5.41) is 2.69. The Bertz CT molecular complexity index is 740. The maximum Gasteiger partial charge on any atom is 0.387 e. The van der Waals surface area contributed by atoms with Crippen molar-refractivity contribution in [1.29, 1.82) is 0 Å². The van der Waals surface area contributed by atoms with Crippen molar-refractivity contribution in [3.63, 3.8) is 0 Å². The minimum Gasteiger partial charge on any atom is -0.435 e. The normalized spacial score (nSPS) is 12.1. The van der Waals surface area contributed by atoms with Gasteiger partial charge in [0.25, 0.3) is 5.91 Å². The number of halogens is 4. The summed E-state index contributed by atoms with van der Waals surface area (Å²) < 4.78 is 58.5. The molecule has 4 nitrogen and oxygen atoms in total. The number of hydrogen-bond donors (Lipinski definition) is 1. The molecule has 1 amide bonds. The molecule has 0 aromatic heterocycles. The molecule has 0 radical (unpaired) electrons. The lowest BCUT2D eigenvalue weighted by Gasteiger charge is -2.20. The molecule has 140 valence electrons. The Balaban J connectivity index is 2.19. The summed E-state index contributed by atoms with van der Waals surface area (Å²) in [6.45, 7) is -4.23. The third-order valence-corrected chi connectivity index (χ3v) is 3.55. The Labute approximate surface area is 147 Å². The Kier molecular flexibility index (Phi) is 6.82. The van der Waals surface area contributed by atoms with Crippen molar-refractivity contribution in [2.45, 2.75) is 32.6 Å². The molecule has 1 unspecified atom stereocenters. The van der Waals surface area contributed by atoms with Gasteiger partial charge in [-0.1, -0.05) is 31.2 Å². The SMILES string of the molecule is CCC(NC(=O)c1cccc(OC(F)F)c1)c1ccccc1OC(F)F. The quantitative estimate of drug-likeness (QED) is 0.680. The van der Waals surface area contributed by atoms with Crippen molar-refractivity contribution in [3.05, 3.63) is 59.7 Å². The van der Waals surface area contributed by atoms with Gasteiger partial charge in [0, 0.05) is 11.1 Å². The highest BCUT2D eigenvalue weighted by Gasteiger charge is 2.20. The van der Waals surface area contributed by atoms with E-state index in [0.717, 1.165) is 0 Å². The van der Waals surface area contributed by atoms with Gasteiger partial charge in [0.15, 0.2) is 0 Å². The van der Waals surface area contributed by atoms with E-state index in [1.165, 1.54) is 30.3 Å². The molecule has 0 aliphatic heterocycles. The molecule has 2 rings (SSSR count). The van der Waals surface area contributed by atoms with Crippen molar-refractivity contribution in [1.82, 2.24) is 5.32 Å². The summed E-state index contributed by atoms with van der Waals surface area (Å²) in [6, 6.07) is 10.8. The zero-order valence-corrected chi connectivity index (χ0v) is 13.8. The molecule has 0 aliphatic rings. The predicted molar refractivity (Wildman–Crippen MR) is 86.6 cm³/mol. The van der Waals surface area contributed by atoms with Crippen molar-refractivity contribution in [3.8, 4) is 11.5 Å². The van der Waals surface area contributed by atoms with E-state index >= 15 is 0 Å². The lowest BCUT2D eigenvalue weighted by Crippen LogP contribution is -2.28. The van der Waals surface area contributed by atoms with Crippen LogP contribution < -0.4 is 14.8 Å². The molecular weight excluding hydrogens is 354 g/mol. The standard InChI is InChI=1S/C18H17F4NO3/c1-2-14(13-8-3-4-9-15(13)26-18(21)22)23-16(24)11-6-5-7-12(10-11)25-17(19)20/h3-10,14,17-18H,2H2,1H3,(H,23,24). The van der Waals surface area contributed by atoms with Crippen LogP contribution in [0.25, 0.3) is 0 Å². The number of ether oxygens (including phenoxy) is 2. The largest absolute Gasteiger partial charge is 0.435 e. The first kappa shape index (κ1) is 19.6. The molecule has 0 aliphatic carbocycles. The molecule has 0 spiro atoms. The van der Waals surface area contributed by atoms with Crippen LogP contribution in [0.3, 0.4) is 0 Å². The second kappa shape index (κ2) is 9.07. The minimum absolute atomic E-state index is 0.0376. The predicted octanol–water partition coefficient (Wildman–Crippen LogP) is 4.77. The van der Waals surface area contributed by atoms with Gasteiger partial charge in [0.2, 0.25) is 0 Å². The van der Waals surface area contributed by atoms with Gasteiger partial charge in [-0.15, -0.1) is 0 Å². The fourth-order valence-corrected chi connectivity index (χ4v) is 2.43. The van der Waals surface area contributed by atoms with E-state index in [1.807, 2.05) is 0 Å². The van der Waals surface area contributed by atoms with Crippen LogP contribution in [0.4, 0.5) is 17.6 Å². The van der Waals surface area contributed by atoms with Gasteiger partial charge in [-0.25, -0.2) is 0 Å². The topological polar surface area (TPSA) is 47.6 Å². The van der Waals surface area contributed by atoms with Crippen LogP contribution in [-0.4, -0.2) is 19.1 Å². The molecule has 1 atom stereocenters. The number of para-hydroxylation sites is 1. The number of carbonyl (C=O) groups excluding carboxylic acids is 1. The maximum atomic E-state index is 12.6. The third-order valence-electron chi connectivity index (χ3n) is 3.55. The van der Waals surface area contributed by atoms with Gasteiger partial charge in [-0.3, -0.25) is 4.79 Å². The zero-order chi connectivity index (χ0) is 19.1. The van der Waals surface area contributed by atoms with Crippen LogP contribution in [0.1, 0.15) is 35.3 Å². The monoisotopic (exact) mass is 371 g/mol. The second-order valence-electron chi connectivity index (χ2n) is 5.26. The van der Waals surface area contributed by atoms with Crippen LogP contribution in [0, 0.1) is 0 Å². The molecule has 0 bridgehead atoms. The van der Waals surface area contributed by atoms with Gasteiger partial charge in [0.1, 0.15) is 11.5 Å². The number of carbonyl (C=O) groups is 1. The van der Waals surface area contributed by atoms with Crippen LogP contribution >= 0.6 is 0 Å². The number of hydrogen-bond acceptors (Lipinski definition) is 3. The highest BCUT2D eigenvalue weighted by Crippen LogP contribution is 2.29. The maximum absolute atomic E-state index is 12.6. The first-order valence-electron chi connectivity index (χ1n) is 7.80. The second-order valence-corrected chi connectivity index (χ2v) is 5.26. The molecule has 0 saturated heterocycles. The first-order chi connectivity index (χ1) is 12.4. The van der Waals surface area contributed by atoms with E-state index in [1.54, 1.807) is 25.1 Å². The van der Waals surface area contributed by atoms with Crippen LogP contribution in [0.5, 0.6) is 11.5 Å². The number of alkyl halides is 4. The van der Waals surface area contributed by atoms with Gasteiger partial charge in [-0.05, 0) is 30.7 Å². The Morgan fingerprint density at radius 2 is 1.69 bits per heavy atom. The van der Waals surface area contributed by atoms with E-state index in [2.05, 4.69) is 14.8 Å². The van der Waals surface area contributed by atoms with E-state index in [0.29, 0.717) is 12.0 Å². The molecule has 0 saturated carbocycles. The highest BCUT2D eigenvalue weighted by atomic mass is 19.3. The highest BCUT2D eigenvalue weighted by molar-refractivity contribution is 5.94. The number of nitrogens with one attached hydrogen (secondary N) is 1. The van der Waals surface area contributed by atoms with Crippen LogP contribution in [0.2, 0.25) is 0 Å². The average molecular weight is 371 g/mol. The van der Waals surface area contributed by atoms with Crippen molar-refractivity contribution >= 4 is 5.91 Å². The Morgan fingerprint density at radius 1 is 1.00 bits per heavy atom. The summed E-state index contributed by atoms with van der Waals surface area (Å²) in [5.41, 5.74) is 0.498. The van der Waals surface area contributed by atoms with E-state index < -0.39 is 25.2 Å². The first-order valence-corrected chi connectivity index (χ1v) is 7.80. The fraction of sp³-hybridized carbons (Fsp3) is 0.278. The summed E-state index contributed by atoms with van der Waals surface area (Å²) in [5.74, 6) is -0.741. The van der Waals surface area contributed by atoms with Crippen LogP contribution in [0.15, 0.2) is 48.5 Å². The molecule has 2 aromatic rings. The van der Waals surface area contributed by atoms with Crippen molar-refractivity contribution < 1.29 is 31.8 Å². The molecule has 0 fully saturated rings. The van der Waals surface area contributed by atoms with E-state index in [-0.39, 0.29) is 17.1 Å². The molecule has 8 heteroatoms. The van der Waals surface area contributed by atoms with Gasteiger partial charge in [-0.2, -0.15) is 17.6 Å². The molecular formula is C18H17F4NO3. The van der Waals surface area contributed by atoms with E-state index in [4.69, 9.17) is 0 Å². The Morgan fingerprint density at radius 3 is 2.35 bits per heavy atom. The van der Waals surface area contributed by atoms with E-state index in [9.17, 15) is 22.4 Å². The lowest BCUT2D eigenvalue weighted by atomic mass is 10.0. The molecule has 0 heterocycles. The lowest BCUT2D eigenvalue weighted by molar-refractivity contribution is -0.0511. The van der Waals surface area contributed by atoms with Gasteiger partial charge < -0.3 is 14.8 Å². The van der Waals surface area contributed by atoms with Crippen LogP contribution in [-0.2, 0) is 0 Å². The molecule has 2 aromatic carbocycles. The summed E-state index contributed by atoms with van der Waals surface area (Å²) >= 11 is 0. The van der Waals surface area contributed by atoms with Crippen molar-refractivity contribution in [2.75, 3.05) is 0 Å². The fourth-order valence-electron chi connectivity index (χ4n) is 2.43. The van der Waals surface area contributed by atoms with Crippen molar-refractivity contribution in [2.24, 2.45) is 0 Å². The Hall–Kier alpha value is -2.77. The zero-order valence-electron chi connectivity index (χ0n) is 13.8. The minimum atomic E-state index is -3.00. The summed E-state index contributed by atoms with van der Waals surface area (Å²) in [7, 11) is 0. The van der Waals surface area contributed by atoms with Gasteiger partial charge in [0.05, 0.1) is 6.04 Å².